The van der Waals surface area contributed by atoms with Crippen LogP contribution in [-0.4, -0.2) is 40.0 Å². The number of nitrogens with one attached hydrogen (secondary N) is 1. The van der Waals surface area contributed by atoms with Crippen LogP contribution in [0.5, 0.6) is 0 Å². The molecule has 0 bridgehead atoms. The van der Waals surface area contributed by atoms with E-state index in [9.17, 15) is 9.59 Å². The molecule has 2 heterocycles. The van der Waals surface area contributed by atoms with E-state index < -0.39 is 0 Å². The molecule has 0 saturated carbocycles. The van der Waals surface area contributed by atoms with E-state index in [2.05, 4.69) is 9.97 Å². The third-order valence-electron chi connectivity index (χ3n) is 6.16. The standard InChI is InChI=1S/C29H27N3O3/c33-28-24-15-7-8-16-26(24)30-27(31-28)20-32(19-23-14-9-17-35-23)29(34)25(22-12-5-2-6-13-22)18-21-10-3-1-4-11-21/h1-8,10-13,15-16,18,23H,9,14,17,19-20H2,(H,30,31,33)/b25-18+. The molecule has 0 spiro atoms. The Balaban J connectivity index is 1.53. The molecule has 0 radical (unpaired) electrons. The van der Waals surface area contributed by atoms with Crippen molar-refractivity contribution in [3.63, 3.8) is 0 Å². The molecule has 1 unspecified atom stereocenters. The van der Waals surface area contributed by atoms with Gasteiger partial charge in [0, 0.05) is 18.7 Å². The fourth-order valence-electron chi connectivity index (χ4n) is 4.42. The normalized spacial score (nSPS) is 15.9. The van der Waals surface area contributed by atoms with Crippen molar-refractivity contribution in [1.82, 2.24) is 14.9 Å². The highest BCUT2D eigenvalue weighted by molar-refractivity contribution is 6.24. The van der Waals surface area contributed by atoms with Gasteiger partial charge in [-0.05, 0) is 42.2 Å². The average molecular weight is 466 g/mol. The lowest BCUT2D eigenvalue weighted by Gasteiger charge is -2.26. The van der Waals surface area contributed by atoms with Gasteiger partial charge in [-0.3, -0.25) is 9.59 Å². The Morgan fingerprint density at radius 1 is 1.00 bits per heavy atom. The summed E-state index contributed by atoms with van der Waals surface area (Å²) in [7, 11) is 0. The number of nitrogens with zero attached hydrogens (tertiary/aromatic N) is 2. The number of ether oxygens (including phenoxy) is 1. The van der Waals surface area contributed by atoms with Crippen LogP contribution in [0.1, 0.15) is 29.8 Å². The molecule has 35 heavy (non-hydrogen) atoms. The molecule has 1 atom stereocenters. The summed E-state index contributed by atoms with van der Waals surface area (Å²) in [5.41, 5.74) is 2.75. The highest BCUT2D eigenvalue weighted by Gasteiger charge is 2.26. The van der Waals surface area contributed by atoms with Gasteiger partial charge >= 0.3 is 0 Å². The number of H-pyrrole nitrogens is 1. The molecular formula is C29H27N3O3. The first-order valence-corrected chi connectivity index (χ1v) is 11.9. The smallest absolute Gasteiger partial charge is 0.258 e. The Kier molecular flexibility index (Phi) is 6.82. The van der Waals surface area contributed by atoms with Gasteiger partial charge in [0.2, 0.25) is 0 Å². The maximum Gasteiger partial charge on any atom is 0.258 e. The molecule has 176 valence electrons. The van der Waals surface area contributed by atoms with Gasteiger partial charge in [-0.25, -0.2) is 4.98 Å². The quantitative estimate of drug-likeness (QED) is 0.318. The van der Waals surface area contributed by atoms with Gasteiger partial charge in [-0.15, -0.1) is 0 Å². The van der Waals surface area contributed by atoms with Crippen LogP contribution in [0.25, 0.3) is 22.6 Å². The van der Waals surface area contributed by atoms with E-state index in [-0.39, 0.29) is 24.1 Å². The van der Waals surface area contributed by atoms with Gasteiger partial charge in [0.05, 0.1) is 23.6 Å². The second kappa shape index (κ2) is 10.5. The summed E-state index contributed by atoms with van der Waals surface area (Å²) in [5.74, 6) is 0.318. The lowest BCUT2D eigenvalue weighted by molar-refractivity contribution is -0.127. The van der Waals surface area contributed by atoms with E-state index in [1.165, 1.54) is 0 Å². The summed E-state index contributed by atoms with van der Waals surface area (Å²) in [5, 5.41) is 0.530. The Labute approximate surface area is 203 Å². The molecule has 1 aromatic heterocycles. The molecular weight excluding hydrogens is 438 g/mol. The summed E-state index contributed by atoms with van der Waals surface area (Å²) in [6, 6.07) is 26.7. The number of para-hydroxylation sites is 1. The SMILES string of the molecule is O=C(/C(=C/c1ccccc1)c1ccccc1)N(Cc1nc2ccccc2c(=O)[nH]1)CC1CCCO1. The molecule has 1 amide bonds. The average Bonchev–Trinajstić information content (AvgIpc) is 3.41. The number of rotatable bonds is 7. The minimum Gasteiger partial charge on any atom is -0.376 e. The number of fused-ring (bicyclic) bond motifs is 1. The molecule has 1 aliphatic heterocycles. The Hall–Kier alpha value is -4.03. The van der Waals surface area contributed by atoms with Crippen LogP contribution in [-0.2, 0) is 16.1 Å². The summed E-state index contributed by atoms with van der Waals surface area (Å²) in [6.07, 6.45) is 3.74. The van der Waals surface area contributed by atoms with E-state index in [4.69, 9.17) is 4.74 Å². The predicted molar refractivity (Wildman–Crippen MR) is 138 cm³/mol. The minimum atomic E-state index is -0.210. The maximum atomic E-state index is 14.1. The Morgan fingerprint density at radius 2 is 1.71 bits per heavy atom. The van der Waals surface area contributed by atoms with Crippen LogP contribution < -0.4 is 5.56 Å². The number of amides is 1. The summed E-state index contributed by atoms with van der Waals surface area (Å²) >= 11 is 0. The molecule has 5 rings (SSSR count). The predicted octanol–water partition coefficient (Wildman–Crippen LogP) is 4.67. The Morgan fingerprint density at radius 3 is 2.46 bits per heavy atom. The summed E-state index contributed by atoms with van der Waals surface area (Å²) in [4.78, 5) is 36.0. The van der Waals surface area contributed by atoms with Gasteiger partial charge < -0.3 is 14.6 Å². The molecule has 3 aromatic carbocycles. The molecule has 1 saturated heterocycles. The summed E-state index contributed by atoms with van der Waals surface area (Å²) in [6.45, 7) is 1.30. The molecule has 6 heteroatoms. The molecule has 1 N–H and O–H groups in total. The fourth-order valence-corrected chi connectivity index (χ4v) is 4.42. The summed E-state index contributed by atoms with van der Waals surface area (Å²) < 4.78 is 5.86. The highest BCUT2D eigenvalue weighted by atomic mass is 16.5. The van der Waals surface area contributed by atoms with Gasteiger partial charge in [0.1, 0.15) is 5.82 Å². The molecule has 0 aliphatic carbocycles. The van der Waals surface area contributed by atoms with Crippen LogP contribution in [0.4, 0.5) is 0 Å². The fraction of sp³-hybridized carbons (Fsp3) is 0.207. The Bertz CT molecular complexity index is 1390. The van der Waals surface area contributed by atoms with E-state index in [1.807, 2.05) is 84.9 Å². The molecule has 4 aromatic rings. The third kappa shape index (κ3) is 5.39. The van der Waals surface area contributed by atoms with Crippen LogP contribution >= 0.6 is 0 Å². The monoisotopic (exact) mass is 465 g/mol. The second-order valence-electron chi connectivity index (χ2n) is 8.69. The molecule has 6 nitrogen and oxygen atoms in total. The molecule has 1 fully saturated rings. The van der Waals surface area contributed by atoms with E-state index in [1.54, 1.807) is 11.0 Å². The number of carbonyl (C=O) groups excluding carboxylic acids is 1. The van der Waals surface area contributed by atoms with Gasteiger partial charge in [-0.2, -0.15) is 0 Å². The van der Waals surface area contributed by atoms with E-state index in [0.717, 1.165) is 24.0 Å². The van der Waals surface area contributed by atoms with Crippen molar-refractivity contribution in [1.29, 1.82) is 0 Å². The zero-order chi connectivity index (χ0) is 24.0. The van der Waals surface area contributed by atoms with Gasteiger partial charge in [0.15, 0.2) is 0 Å². The maximum absolute atomic E-state index is 14.1. The highest BCUT2D eigenvalue weighted by Crippen LogP contribution is 2.24. The lowest BCUT2D eigenvalue weighted by Crippen LogP contribution is -2.38. The second-order valence-corrected chi connectivity index (χ2v) is 8.69. The van der Waals surface area contributed by atoms with Crippen LogP contribution in [0.2, 0.25) is 0 Å². The topological polar surface area (TPSA) is 75.3 Å². The van der Waals surface area contributed by atoms with Gasteiger partial charge in [-0.1, -0.05) is 72.8 Å². The zero-order valence-electron chi connectivity index (χ0n) is 19.4. The number of benzene rings is 3. The van der Waals surface area contributed by atoms with E-state index >= 15 is 0 Å². The zero-order valence-corrected chi connectivity index (χ0v) is 19.4. The van der Waals surface area contributed by atoms with Crippen molar-refractivity contribution in [2.45, 2.75) is 25.5 Å². The van der Waals surface area contributed by atoms with Crippen molar-refractivity contribution >= 4 is 28.5 Å². The number of carbonyl (C=O) groups is 1. The van der Waals surface area contributed by atoms with Crippen molar-refractivity contribution in [2.75, 3.05) is 13.2 Å². The van der Waals surface area contributed by atoms with Crippen LogP contribution in [0.15, 0.2) is 89.7 Å². The first-order valence-electron chi connectivity index (χ1n) is 11.9. The van der Waals surface area contributed by atoms with Crippen LogP contribution in [0.3, 0.4) is 0 Å². The van der Waals surface area contributed by atoms with Crippen molar-refractivity contribution < 1.29 is 9.53 Å². The number of aromatic nitrogens is 2. The number of hydrogen-bond acceptors (Lipinski definition) is 4. The minimum absolute atomic E-state index is 0.0418. The number of aromatic amines is 1. The van der Waals surface area contributed by atoms with Crippen molar-refractivity contribution in [3.8, 4) is 0 Å². The van der Waals surface area contributed by atoms with E-state index in [0.29, 0.717) is 35.5 Å². The third-order valence-corrected chi connectivity index (χ3v) is 6.16. The first kappa shape index (κ1) is 22.7. The largest absolute Gasteiger partial charge is 0.376 e. The first-order chi connectivity index (χ1) is 17.2. The van der Waals surface area contributed by atoms with Crippen molar-refractivity contribution in [2.24, 2.45) is 0 Å². The van der Waals surface area contributed by atoms with Crippen molar-refractivity contribution in [3.05, 3.63) is 112 Å². The van der Waals surface area contributed by atoms with Crippen LogP contribution in [0, 0.1) is 0 Å². The van der Waals surface area contributed by atoms with Gasteiger partial charge in [0.25, 0.3) is 11.5 Å². The lowest BCUT2D eigenvalue weighted by atomic mass is 10.0. The molecule has 1 aliphatic rings. The number of hydrogen-bond donors (Lipinski definition) is 1.